The van der Waals surface area contributed by atoms with Gasteiger partial charge in [0.1, 0.15) is 0 Å². The molecule has 0 heterocycles. The lowest BCUT2D eigenvalue weighted by atomic mass is 10.1. The maximum atomic E-state index is 11.5. The van der Waals surface area contributed by atoms with Crippen molar-refractivity contribution in [2.24, 2.45) is 11.8 Å². The van der Waals surface area contributed by atoms with Crippen LogP contribution >= 0.6 is 0 Å². The minimum Gasteiger partial charge on any atom is -0.379 e. The smallest absolute Gasteiger partial charge is 0.244 e. The summed E-state index contributed by atoms with van der Waals surface area (Å²) in [5, 5.41) is 2.64. The second kappa shape index (κ2) is 17.1. The van der Waals surface area contributed by atoms with Gasteiger partial charge in [-0.1, -0.05) is 27.7 Å². The molecule has 0 saturated heterocycles. The van der Waals surface area contributed by atoms with Crippen LogP contribution in [0.4, 0.5) is 0 Å². The fraction of sp³-hybridized carbons (Fsp3) is 0.789. The van der Waals surface area contributed by atoms with E-state index in [1.807, 2.05) is 0 Å². The Morgan fingerprint density at radius 3 is 1.77 bits per heavy atom. The summed E-state index contributed by atoms with van der Waals surface area (Å²) in [5.74, 6) is 0.0668. The second-order valence-electron chi connectivity index (χ2n) is 6.49. The first kappa shape index (κ1) is 24.7. The molecule has 7 nitrogen and oxygen atoms in total. The third kappa shape index (κ3) is 17.5. The van der Waals surface area contributed by atoms with Crippen LogP contribution in [0.3, 0.4) is 0 Å². The Morgan fingerprint density at radius 1 is 0.769 bits per heavy atom. The molecule has 0 aliphatic rings. The molecule has 0 aliphatic heterocycles. The Bertz CT molecular complexity index is 395. The first-order valence-electron chi connectivity index (χ1n) is 9.24. The number of allylic oxidation sites excluding steroid dienone is 1. The normalized spacial score (nSPS) is 11.6. The number of carbonyl (C=O) groups is 2. The fourth-order valence-electron chi connectivity index (χ4n) is 1.63. The van der Waals surface area contributed by atoms with Crippen LogP contribution in [-0.4, -0.2) is 71.1 Å². The molecule has 0 fully saturated rings. The third-order valence-corrected chi connectivity index (χ3v) is 3.08. The van der Waals surface area contributed by atoms with Crippen molar-refractivity contribution in [3.8, 4) is 0 Å². The molecular weight excluding hydrogens is 338 g/mol. The number of nitrogens with one attached hydrogen (secondary N) is 1. The minimum absolute atomic E-state index is 0.0689. The molecule has 0 spiro atoms. The Labute approximate surface area is 157 Å². The van der Waals surface area contributed by atoms with Gasteiger partial charge in [0.25, 0.3) is 0 Å². The highest BCUT2D eigenvalue weighted by atomic mass is 16.6. The summed E-state index contributed by atoms with van der Waals surface area (Å²) in [6.07, 6.45) is 2.55. The highest BCUT2D eigenvalue weighted by molar-refractivity contribution is 5.98. The average Bonchev–Trinajstić information content (AvgIpc) is 2.59. The summed E-state index contributed by atoms with van der Waals surface area (Å²) in [6.45, 7) is 12.5. The zero-order valence-corrected chi connectivity index (χ0v) is 16.6. The van der Waals surface area contributed by atoms with Gasteiger partial charge in [0, 0.05) is 25.1 Å². The molecule has 0 aromatic heterocycles. The van der Waals surface area contributed by atoms with Crippen molar-refractivity contribution in [1.82, 2.24) is 5.32 Å². The zero-order chi connectivity index (χ0) is 19.6. The largest absolute Gasteiger partial charge is 0.379 e. The van der Waals surface area contributed by atoms with Crippen LogP contribution < -0.4 is 5.32 Å². The molecule has 1 N–H and O–H groups in total. The second-order valence-corrected chi connectivity index (χ2v) is 6.49. The van der Waals surface area contributed by atoms with Crippen molar-refractivity contribution in [1.29, 1.82) is 0 Å². The number of ether oxygens (including phenoxy) is 4. The van der Waals surface area contributed by atoms with Gasteiger partial charge in [-0.3, -0.25) is 9.59 Å². The van der Waals surface area contributed by atoms with Gasteiger partial charge in [-0.25, -0.2) is 0 Å². The van der Waals surface area contributed by atoms with E-state index in [0.717, 1.165) is 6.61 Å². The number of ketones is 1. The number of rotatable bonds is 17. The van der Waals surface area contributed by atoms with Crippen molar-refractivity contribution in [3.63, 3.8) is 0 Å². The molecular formula is C19H35NO6. The van der Waals surface area contributed by atoms with E-state index in [4.69, 9.17) is 18.9 Å². The Balaban J connectivity index is 3.29. The molecule has 26 heavy (non-hydrogen) atoms. The van der Waals surface area contributed by atoms with Crippen LogP contribution in [0.25, 0.3) is 0 Å². The maximum absolute atomic E-state index is 11.5. The molecule has 0 atom stereocenters. The van der Waals surface area contributed by atoms with Crippen molar-refractivity contribution in [3.05, 3.63) is 12.2 Å². The molecule has 0 radical (unpaired) electrons. The number of hydrogen-bond donors (Lipinski definition) is 1. The minimum atomic E-state index is -0.298. The van der Waals surface area contributed by atoms with E-state index in [9.17, 15) is 9.59 Å². The standard InChI is InChI=1S/C19H35NO6/c1-16(2)15-26-14-13-25-12-11-24-10-9-23-8-7-20-19(22)6-5-18(21)17(3)4/h5-6,16-17H,7-15H2,1-4H3,(H,20,22)/b6-5+. The van der Waals surface area contributed by atoms with Gasteiger partial charge in [0.2, 0.25) is 5.91 Å². The van der Waals surface area contributed by atoms with Gasteiger partial charge >= 0.3 is 0 Å². The monoisotopic (exact) mass is 373 g/mol. The van der Waals surface area contributed by atoms with Gasteiger partial charge in [0.05, 0.1) is 46.2 Å². The lowest BCUT2D eigenvalue weighted by Crippen LogP contribution is -2.26. The molecule has 1 amide bonds. The molecule has 0 aromatic carbocycles. The van der Waals surface area contributed by atoms with Crippen molar-refractivity contribution in [2.45, 2.75) is 27.7 Å². The van der Waals surface area contributed by atoms with Gasteiger partial charge < -0.3 is 24.3 Å². The Kier molecular flexibility index (Phi) is 16.3. The summed E-state index contributed by atoms with van der Waals surface area (Å²) >= 11 is 0. The molecule has 152 valence electrons. The third-order valence-electron chi connectivity index (χ3n) is 3.08. The molecule has 0 unspecified atom stereocenters. The lowest BCUT2D eigenvalue weighted by molar-refractivity contribution is -0.119. The van der Waals surface area contributed by atoms with Gasteiger partial charge in [-0.2, -0.15) is 0 Å². The summed E-state index contributed by atoms with van der Waals surface area (Å²) in [4.78, 5) is 22.8. The number of hydrogen-bond acceptors (Lipinski definition) is 6. The summed E-state index contributed by atoms with van der Waals surface area (Å²) < 4.78 is 21.5. The highest BCUT2D eigenvalue weighted by Crippen LogP contribution is 1.94. The van der Waals surface area contributed by atoms with E-state index in [-0.39, 0.29) is 17.6 Å². The summed E-state index contributed by atoms with van der Waals surface area (Å²) in [5.41, 5.74) is 0. The molecule has 7 heteroatoms. The fourth-order valence-corrected chi connectivity index (χ4v) is 1.63. The molecule has 0 saturated carbocycles. The van der Waals surface area contributed by atoms with E-state index in [1.165, 1.54) is 12.2 Å². The van der Waals surface area contributed by atoms with Gasteiger partial charge in [0.15, 0.2) is 5.78 Å². The van der Waals surface area contributed by atoms with E-state index in [1.54, 1.807) is 13.8 Å². The Morgan fingerprint density at radius 2 is 1.27 bits per heavy atom. The van der Waals surface area contributed by atoms with Crippen LogP contribution in [-0.2, 0) is 28.5 Å². The first-order valence-corrected chi connectivity index (χ1v) is 9.24. The SMILES string of the molecule is CC(C)COCCOCCOCCOCCNC(=O)/C=C/C(=O)C(C)C. The lowest BCUT2D eigenvalue weighted by Gasteiger charge is -2.08. The topological polar surface area (TPSA) is 83.1 Å². The predicted molar refractivity (Wildman–Crippen MR) is 100 cm³/mol. The average molecular weight is 373 g/mol. The summed E-state index contributed by atoms with van der Waals surface area (Å²) in [7, 11) is 0. The molecule has 0 aliphatic carbocycles. The molecule has 0 bridgehead atoms. The highest BCUT2D eigenvalue weighted by Gasteiger charge is 2.03. The van der Waals surface area contributed by atoms with Gasteiger partial charge in [-0.05, 0) is 12.0 Å². The van der Waals surface area contributed by atoms with Crippen molar-refractivity contribution >= 4 is 11.7 Å². The Hall–Kier alpha value is -1.28. The number of amides is 1. The van der Waals surface area contributed by atoms with Crippen LogP contribution in [0.15, 0.2) is 12.2 Å². The van der Waals surface area contributed by atoms with E-state index >= 15 is 0 Å². The maximum Gasteiger partial charge on any atom is 0.244 e. The van der Waals surface area contributed by atoms with Gasteiger partial charge in [-0.15, -0.1) is 0 Å². The summed E-state index contributed by atoms with van der Waals surface area (Å²) in [6, 6.07) is 0. The van der Waals surface area contributed by atoms with Crippen molar-refractivity contribution < 1.29 is 28.5 Å². The molecule has 0 rings (SSSR count). The van der Waals surface area contributed by atoms with Crippen LogP contribution in [0.2, 0.25) is 0 Å². The van der Waals surface area contributed by atoms with Crippen molar-refractivity contribution in [2.75, 3.05) is 59.4 Å². The quantitative estimate of drug-likeness (QED) is 0.308. The van der Waals surface area contributed by atoms with Crippen LogP contribution in [0, 0.1) is 11.8 Å². The predicted octanol–water partition coefficient (Wildman–Crippen LogP) is 1.61. The zero-order valence-electron chi connectivity index (χ0n) is 16.6. The van der Waals surface area contributed by atoms with E-state index < -0.39 is 0 Å². The number of carbonyl (C=O) groups excluding carboxylic acids is 2. The van der Waals surface area contributed by atoms with Crippen LogP contribution in [0.5, 0.6) is 0 Å². The first-order chi connectivity index (χ1) is 12.4. The van der Waals surface area contributed by atoms with E-state index in [2.05, 4.69) is 19.2 Å². The molecule has 0 aromatic rings. The van der Waals surface area contributed by atoms with E-state index in [0.29, 0.717) is 58.7 Å². The van der Waals surface area contributed by atoms with Crippen LogP contribution in [0.1, 0.15) is 27.7 Å².